The third-order valence-corrected chi connectivity index (χ3v) is 3.25. The number of rotatable bonds is 5. The van der Waals surface area contributed by atoms with Crippen LogP contribution >= 0.6 is 27.5 Å². The summed E-state index contributed by atoms with van der Waals surface area (Å²) in [6, 6.07) is 0. The Morgan fingerprint density at radius 2 is 2.05 bits per heavy atom. The summed E-state index contributed by atoms with van der Waals surface area (Å²) in [5.74, 6) is -0.718. The largest absolute Gasteiger partial charge is 0.436 e. The van der Waals surface area contributed by atoms with Crippen LogP contribution in [-0.2, 0) is 18.0 Å². The maximum Gasteiger partial charge on any atom is 0.436 e. The number of aromatic nitrogens is 2. The van der Waals surface area contributed by atoms with Crippen molar-refractivity contribution >= 4 is 38.7 Å². The van der Waals surface area contributed by atoms with Crippen molar-refractivity contribution in [2.45, 2.75) is 19.0 Å². The Morgan fingerprint density at radius 1 is 1.45 bits per heavy atom. The minimum absolute atomic E-state index is 0.0716. The summed E-state index contributed by atoms with van der Waals surface area (Å²) in [7, 11) is 1.23. The van der Waals surface area contributed by atoms with Gasteiger partial charge in [0.25, 0.3) is 5.91 Å². The minimum Gasteiger partial charge on any atom is -0.351 e. The van der Waals surface area contributed by atoms with Gasteiger partial charge in [-0.1, -0.05) is 0 Å². The molecule has 20 heavy (non-hydrogen) atoms. The molecule has 0 saturated heterocycles. The molecule has 0 fully saturated rings. The van der Waals surface area contributed by atoms with Crippen LogP contribution in [0.4, 0.5) is 13.2 Å². The van der Waals surface area contributed by atoms with E-state index in [-0.39, 0.29) is 18.7 Å². The zero-order valence-electron chi connectivity index (χ0n) is 10.2. The number of aryl methyl sites for hydroxylation is 1. The van der Waals surface area contributed by atoms with Crippen molar-refractivity contribution in [1.29, 1.82) is 0 Å². The second-order valence-electron chi connectivity index (χ2n) is 3.85. The third kappa shape index (κ3) is 4.20. The molecule has 0 aliphatic carbocycles. The third-order valence-electron chi connectivity index (χ3n) is 2.31. The molecule has 1 amide bonds. The number of nitrogens with zero attached hydrogens (tertiary/aromatic N) is 2. The van der Waals surface area contributed by atoms with Gasteiger partial charge >= 0.3 is 6.18 Å². The van der Waals surface area contributed by atoms with E-state index in [1.165, 1.54) is 7.05 Å². The highest BCUT2D eigenvalue weighted by atomic mass is 79.9. The molecule has 0 unspecified atom stereocenters. The quantitative estimate of drug-likeness (QED) is 0.634. The van der Waals surface area contributed by atoms with Crippen molar-refractivity contribution in [1.82, 2.24) is 15.1 Å². The highest BCUT2D eigenvalue weighted by Crippen LogP contribution is 2.35. The van der Waals surface area contributed by atoms with E-state index >= 15 is 0 Å². The van der Waals surface area contributed by atoms with Gasteiger partial charge in [0.05, 0.1) is 4.47 Å². The number of nitrogens with one attached hydrogen (secondary N) is 1. The summed E-state index contributed by atoms with van der Waals surface area (Å²) >= 11 is 7.85. The standard InChI is InChI=1S/C10H10BrClF3N3O2/c1-18-7(6(11)8(17-18)10(13,14)15)9(20)16-4-2-3-5(12)19/h2-4H2,1H3,(H,16,20). The molecule has 1 aromatic rings. The monoisotopic (exact) mass is 375 g/mol. The normalized spacial score (nSPS) is 11.5. The molecule has 0 saturated carbocycles. The minimum atomic E-state index is -4.65. The van der Waals surface area contributed by atoms with Gasteiger partial charge in [0.2, 0.25) is 5.24 Å². The average Bonchev–Trinajstić information content (AvgIpc) is 2.59. The van der Waals surface area contributed by atoms with Crippen LogP contribution in [0, 0.1) is 0 Å². The Morgan fingerprint density at radius 3 is 2.50 bits per heavy atom. The van der Waals surface area contributed by atoms with Gasteiger partial charge in [0.1, 0.15) is 5.69 Å². The second-order valence-corrected chi connectivity index (χ2v) is 5.06. The molecule has 5 nitrogen and oxygen atoms in total. The SMILES string of the molecule is Cn1nc(C(F)(F)F)c(Br)c1C(=O)NCCCC(=O)Cl. The van der Waals surface area contributed by atoms with Crippen LogP contribution in [0.2, 0.25) is 0 Å². The number of amides is 1. The summed E-state index contributed by atoms with van der Waals surface area (Å²) < 4.78 is 38.3. The van der Waals surface area contributed by atoms with Gasteiger partial charge in [-0.2, -0.15) is 18.3 Å². The maximum absolute atomic E-state index is 12.6. The van der Waals surface area contributed by atoms with Gasteiger partial charge < -0.3 is 5.32 Å². The molecule has 0 atom stereocenters. The predicted molar refractivity (Wildman–Crippen MR) is 68.3 cm³/mol. The zero-order chi connectivity index (χ0) is 15.5. The Labute approximate surface area is 125 Å². The number of hydrogen-bond donors (Lipinski definition) is 1. The average molecular weight is 377 g/mol. The van der Waals surface area contributed by atoms with Gasteiger partial charge in [0.15, 0.2) is 5.69 Å². The van der Waals surface area contributed by atoms with Crippen molar-refractivity contribution in [3.8, 4) is 0 Å². The molecule has 0 aromatic carbocycles. The molecular weight excluding hydrogens is 366 g/mol. The first-order valence-electron chi connectivity index (χ1n) is 5.40. The number of alkyl halides is 3. The van der Waals surface area contributed by atoms with Crippen LogP contribution in [0.25, 0.3) is 0 Å². The molecule has 1 rings (SSSR count). The lowest BCUT2D eigenvalue weighted by Crippen LogP contribution is -2.27. The van der Waals surface area contributed by atoms with Crippen molar-refractivity contribution in [3.63, 3.8) is 0 Å². The lowest BCUT2D eigenvalue weighted by atomic mass is 10.3. The van der Waals surface area contributed by atoms with Crippen molar-refractivity contribution in [2.75, 3.05) is 6.54 Å². The first kappa shape index (κ1) is 17.0. The summed E-state index contributed by atoms with van der Waals surface area (Å²) in [4.78, 5) is 22.3. The van der Waals surface area contributed by atoms with E-state index < -0.39 is 27.5 Å². The van der Waals surface area contributed by atoms with Gasteiger partial charge in [-0.3, -0.25) is 14.3 Å². The maximum atomic E-state index is 12.6. The van der Waals surface area contributed by atoms with Gasteiger partial charge in [0, 0.05) is 20.0 Å². The molecule has 0 aliphatic heterocycles. The van der Waals surface area contributed by atoms with E-state index in [9.17, 15) is 22.8 Å². The molecule has 10 heteroatoms. The lowest BCUT2D eigenvalue weighted by molar-refractivity contribution is -0.142. The first-order chi connectivity index (χ1) is 9.14. The summed E-state index contributed by atoms with van der Waals surface area (Å²) in [5, 5.41) is 5.12. The fourth-order valence-electron chi connectivity index (χ4n) is 1.44. The van der Waals surface area contributed by atoms with E-state index in [4.69, 9.17) is 11.6 Å². The molecule has 1 aromatic heterocycles. The highest BCUT2D eigenvalue weighted by molar-refractivity contribution is 9.10. The molecule has 0 radical (unpaired) electrons. The molecule has 1 heterocycles. The van der Waals surface area contributed by atoms with Crippen LogP contribution in [-0.4, -0.2) is 27.5 Å². The van der Waals surface area contributed by atoms with Crippen LogP contribution in [0.15, 0.2) is 4.47 Å². The highest BCUT2D eigenvalue weighted by Gasteiger charge is 2.39. The van der Waals surface area contributed by atoms with E-state index in [2.05, 4.69) is 26.3 Å². The fourth-order valence-corrected chi connectivity index (χ4v) is 2.31. The lowest BCUT2D eigenvalue weighted by Gasteiger charge is -2.05. The Kier molecular flexibility index (Phi) is 5.58. The Bertz CT molecular complexity index is 531. The molecular formula is C10H10BrClF3N3O2. The van der Waals surface area contributed by atoms with Gasteiger partial charge in [-0.15, -0.1) is 0 Å². The predicted octanol–water partition coefficient (Wildman–Crippen LogP) is 2.48. The van der Waals surface area contributed by atoms with Crippen LogP contribution < -0.4 is 5.32 Å². The number of halogens is 5. The van der Waals surface area contributed by atoms with Gasteiger partial charge in [-0.25, -0.2) is 0 Å². The summed E-state index contributed by atoms with van der Waals surface area (Å²) in [6.45, 7) is 0.121. The topological polar surface area (TPSA) is 64.0 Å². The number of hydrogen-bond acceptors (Lipinski definition) is 3. The second kappa shape index (κ2) is 6.57. The van der Waals surface area contributed by atoms with E-state index in [0.717, 1.165) is 4.68 Å². The van der Waals surface area contributed by atoms with Crippen molar-refractivity contribution in [3.05, 3.63) is 15.9 Å². The summed E-state index contributed by atoms with van der Waals surface area (Å²) in [6.07, 6.45) is -4.28. The van der Waals surface area contributed by atoms with Crippen LogP contribution in [0.1, 0.15) is 29.0 Å². The number of carbonyl (C=O) groups excluding carboxylic acids is 2. The van der Waals surface area contributed by atoms with Gasteiger partial charge in [-0.05, 0) is 34.0 Å². The Balaban J connectivity index is 2.79. The van der Waals surface area contributed by atoms with E-state index in [1.54, 1.807) is 0 Å². The molecule has 0 aliphatic rings. The fraction of sp³-hybridized carbons (Fsp3) is 0.500. The van der Waals surface area contributed by atoms with Crippen molar-refractivity contribution in [2.24, 2.45) is 7.05 Å². The van der Waals surface area contributed by atoms with E-state index in [0.29, 0.717) is 6.42 Å². The molecule has 0 spiro atoms. The van der Waals surface area contributed by atoms with Crippen LogP contribution in [0.3, 0.4) is 0 Å². The molecule has 1 N–H and O–H groups in total. The summed E-state index contributed by atoms with van der Waals surface area (Å²) in [5.41, 5.74) is -1.41. The first-order valence-corrected chi connectivity index (χ1v) is 6.58. The molecule has 112 valence electrons. The van der Waals surface area contributed by atoms with E-state index in [1.807, 2.05) is 0 Å². The zero-order valence-corrected chi connectivity index (χ0v) is 12.6. The van der Waals surface area contributed by atoms with Crippen LogP contribution in [0.5, 0.6) is 0 Å². The molecule has 0 bridgehead atoms. The smallest absolute Gasteiger partial charge is 0.351 e. The number of carbonyl (C=O) groups is 2. The Hall–Kier alpha value is -1.09. The van der Waals surface area contributed by atoms with Crippen molar-refractivity contribution < 1.29 is 22.8 Å².